The molecular weight excluding hydrogens is 313 g/mol. The second-order valence-corrected chi connectivity index (χ2v) is 5.04. The van der Waals surface area contributed by atoms with Crippen molar-refractivity contribution in [3.8, 4) is 0 Å². The highest BCUT2D eigenvalue weighted by molar-refractivity contribution is 14.1. The van der Waals surface area contributed by atoms with Gasteiger partial charge >= 0.3 is 0 Å². The number of hydrogen-bond donors (Lipinski definition) is 0. The number of halogens is 1. The van der Waals surface area contributed by atoms with Gasteiger partial charge in [-0.05, 0) is 45.5 Å². The summed E-state index contributed by atoms with van der Waals surface area (Å²) in [6.07, 6.45) is 0. The van der Waals surface area contributed by atoms with Gasteiger partial charge in [-0.2, -0.15) is 0 Å². The Morgan fingerprint density at radius 3 is 2.25 bits per heavy atom. The fraction of sp³-hybridized carbons (Fsp3) is 0.154. The monoisotopic (exact) mass is 325 g/mol. The molecule has 0 aliphatic rings. The fourth-order valence-electron chi connectivity index (χ4n) is 1.62. The van der Waals surface area contributed by atoms with E-state index >= 15 is 0 Å². The van der Waals surface area contributed by atoms with Crippen molar-refractivity contribution < 1.29 is 4.79 Å². The van der Waals surface area contributed by atoms with Crippen LogP contribution in [-0.2, 0) is 0 Å². The summed E-state index contributed by atoms with van der Waals surface area (Å²) < 4.78 is 0.995. The van der Waals surface area contributed by atoms with Crippen LogP contribution >= 0.6 is 22.6 Å². The molecule has 0 fully saturated rings. The lowest BCUT2D eigenvalue weighted by molar-refractivity contribution is 0.0827. The summed E-state index contributed by atoms with van der Waals surface area (Å²) >= 11 is 2.21. The molecule has 1 amide bonds. The van der Waals surface area contributed by atoms with Crippen LogP contribution in [0.3, 0.4) is 0 Å². The SMILES string of the molecule is CN(C)C(=O)c1cc2ccccc2cc1I. The van der Waals surface area contributed by atoms with Crippen LogP contribution in [-0.4, -0.2) is 24.9 Å². The summed E-state index contributed by atoms with van der Waals surface area (Å²) in [5.41, 5.74) is 0.768. The normalized spacial score (nSPS) is 10.4. The largest absolute Gasteiger partial charge is 0.345 e. The quantitative estimate of drug-likeness (QED) is 0.738. The molecule has 2 rings (SSSR count). The van der Waals surface area contributed by atoms with Crippen LogP contribution in [0.2, 0.25) is 0 Å². The Morgan fingerprint density at radius 1 is 1.12 bits per heavy atom. The van der Waals surface area contributed by atoms with Gasteiger partial charge in [0.05, 0.1) is 5.56 Å². The molecule has 0 spiro atoms. The molecule has 16 heavy (non-hydrogen) atoms. The van der Waals surface area contributed by atoms with Gasteiger partial charge in [0.15, 0.2) is 0 Å². The van der Waals surface area contributed by atoms with E-state index in [9.17, 15) is 4.79 Å². The van der Waals surface area contributed by atoms with Crippen molar-refractivity contribution in [3.05, 3.63) is 45.5 Å². The van der Waals surface area contributed by atoms with Crippen LogP contribution in [0, 0.1) is 3.57 Å². The van der Waals surface area contributed by atoms with E-state index in [0.29, 0.717) is 0 Å². The number of nitrogens with zero attached hydrogens (tertiary/aromatic N) is 1. The number of rotatable bonds is 1. The zero-order chi connectivity index (χ0) is 11.7. The number of benzene rings is 2. The molecule has 0 N–H and O–H groups in total. The maximum absolute atomic E-state index is 11.9. The van der Waals surface area contributed by atoms with Crippen LogP contribution < -0.4 is 0 Å². The van der Waals surface area contributed by atoms with E-state index in [2.05, 4.69) is 28.7 Å². The molecule has 82 valence electrons. The van der Waals surface area contributed by atoms with E-state index in [0.717, 1.165) is 14.5 Å². The van der Waals surface area contributed by atoms with Gasteiger partial charge in [0, 0.05) is 17.7 Å². The molecule has 3 heteroatoms. The van der Waals surface area contributed by atoms with Crippen molar-refractivity contribution in [2.45, 2.75) is 0 Å². The smallest absolute Gasteiger partial charge is 0.254 e. The fourth-order valence-corrected chi connectivity index (χ4v) is 2.34. The second-order valence-electron chi connectivity index (χ2n) is 3.88. The van der Waals surface area contributed by atoms with Crippen molar-refractivity contribution >= 4 is 39.3 Å². The lowest BCUT2D eigenvalue weighted by Gasteiger charge is -2.12. The van der Waals surface area contributed by atoms with Gasteiger partial charge in [0.25, 0.3) is 5.91 Å². The molecule has 0 heterocycles. The first-order chi connectivity index (χ1) is 7.59. The third kappa shape index (κ3) is 2.04. The lowest BCUT2D eigenvalue weighted by atomic mass is 10.1. The summed E-state index contributed by atoms with van der Waals surface area (Å²) in [6, 6.07) is 12.1. The minimum absolute atomic E-state index is 0.0511. The first kappa shape index (κ1) is 11.4. The maximum Gasteiger partial charge on any atom is 0.254 e. The molecule has 2 nitrogen and oxygen atoms in total. The molecule has 2 aromatic carbocycles. The number of fused-ring (bicyclic) bond motifs is 1. The summed E-state index contributed by atoms with van der Waals surface area (Å²) in [5, 5.41) is 2.27. The van der Waals surface area contributed by atoms with Crippen LogP contribution in [0.1, 0.15) is 10.4 Å². The van der Waals surface area contributed by atoms with E-state index in [1.165, 1.54) is 5.39 Å². The predicted octanol–water partition coefficient (Wildman–Crippen LogP) is 3.15. The molecule has 0 saturated carbocycles. The number of hydrogen-bond acceptors (Lipinski definition) is 1. The average Bonchev–Trinajstić information content (AvgIpc) is 2.27. The Bertz CT molecular complexity index is 549. The van der Waals surface area contributed by atoms with E-state index in [4.69, 9.17) is 0 Å². The van der Waals surface area contributed by atoms with Gasteiger partial charge < -0.3 is 4.90 Å². The zero-order valence-corrected chi connectivity index (χ0v) is 11.4. The van der Waals surface area contributed by atoms with Crippen molar-refractivity contribution in [2.24, 2.45) is 0 Å². The summed E-state index contributed by atoms with van der Waals surface area (Å²) in [6.45, 7) is 0. The molecule has 0 atom stereocenters. The van der Waals surface area contributed by atoms with Crippen molar-refractivity contribution in [1.29, 1.82) is 0 Å². The van der Waals surface area contributed by atoms with Crippen LogP contribution in [0.15, 0.2) is 36.4 Å². The predicted molar refractivity (Wildman–Crippen MR) is 74.7 cm³/mol. The molecule has 0 aliphatic carbocycles. The van der Waals surface area contributed by atoms with Crippen molar-refractivity contribution in [1.82, 2.24) is 4.90 Å². The molecule has 2 aromatic rings. The average molecular weight is 325 g/mol. The maximum atomic E-state index is 11.9. The lowest BCUT2D eigenvalue weighted by Crippen LogP contribution is -2.22. The minimum atomic E-state index is 0.0511. The summed E-state index contributed by atoms with van der Waals surface area (Å²) in [4.78, 5) is 13.5. The van der Waals surface area contributed by atoms with Gasteiger partial charge in [-0.3, -0.25) is 4.79 Å². The van der Waals surface area contributed by atoms with Crippen LogP contribution in [0.4, 0.5) is 0 Å². The second kappa shape index (κ2) is 4.41. The topological polar surface area (TPSA) is 20.3 Å². The molecule has 0 aromatic heterocycles. The Balaban J connectivity index is 2.63. The number of carbonyl (C=O) groups excluding carboxylic acids is 1. The third-order valence-electron chi connectivity index (χ3n) is 2.47. The van der Waals surface area contributed by atoms with E-state index in [-0.39, 0.29) is 5.91 Å². The highest BCUT2D eigenvalue weighted by Crippen LogP contribution is 2.22. The minimum Gasteiger partial charge on any atom is -0.345 e. The van der Waals surface area contributed by atoms with E-state index in [1.54, 1.807) is 19.0 Å². The molecule has 0 unspecified atom stereocenters. The Kier molecular flexibility index (Phi) is 3.14. The molecule has 0 saturated heterocycles. The highest BCUT2D eigenvalue weighted by atomic mass is 127. The zero-order valence-electron chi connectivity index (χ0n) is 9.20. The molecule has 0 bridgehead atoms. The summed E-state index contributed by atoms with van der Waals surface area (Å²) in [7, 11) is 3.54. The van der Waals surface area contributed by atoms with Gasteiger partial charge in [0.2, 0.25) is 0 Å². The van der Waals surface area contributed by atoms with Gasteiger partial charge in [-0.25, -0.2) is 0 Å². The van der Waals surface area contributed by atoms with Crippen LogP contribution in [0.25, 0.3) is 10.8 Å². The first-order valence-corrected chi connectivity index (χ1v) is 6.07. The van der Waals surface area contributed by atoms with Gasteiger partial charge in [0.1, 0.15) is 0 Å². The summed E-state index contributed by atoms with van der Waals surface area (Å²) in [5.74, 6) is 0.0511. The van der Waals surface area contributed by atoms with Crippen molar-refractivity contribution in [3.63, 3.8) is 0 Å². The Hall–Kier alpha value is -1.10. The number of carbonyl (C=O) groups is 1. The van der Waals surface area contributed by atoms with E-state index in [1.807, 2.05) is 30.3 Å². The molecule has 0 aliphatic heterocycles. The van der Waals surface area contributed by atoms with Crippen LogP contribution in [0.5, 0.6) is 0 Å². The first-order valence-electron chi connectivity index (χ1n) is 4.99. The van der Waals surface area contributed by atoms with Crippen molar-refractivity contribution in [2.75, 3.05) is 14.1 Å². The van der Waals surface area contributed by atoms with Gasteiger partial charge in [-0.15, -0.1) is 0 Å². The van der Waals surface area contributed by atoms with Gasteiger partial charge in [-0.1, -0.05) is 24.3 Å². The highest BCUT2D eigenvalue weighted by Gasteiger charge is 2.12. The Labute approximate surface area is 108 Å². The molecule has 0 radical (unpaired) electrons. The molecular formula is C13H12INO. The van der Waals surface area contributed by atoms with E-state index < -0.39 is 0 Å². The Morgan fingerprint density at radius 2 is 1.69 bits per heavy atom. The third-order valence-corrected chi connectivity index (χ3v) is 3.36. The number of amides is 1. The standard InChI is InChI=1S/C13H12INO/c1-15(2)13(16)11-7-9-5-3-4-6-10(9)8-12(11)14/h3-8H,1-2H3.